The van der Waals surface area contributed by atoms with E-state index in [1.54, 1.807) is 7.05 Å². The summed E-state index contributed by atoms with van der Waals surface area (Å²) in [4.78, 5) is 25.3. The molecule has 1 fully saturated rings. The Labute approximate surface area is 136 Å². The summed E-state index contributed by atoms with van der Waals surface area (Å²) in [6, 6.07) is 9.14. The van der Waals surface area contributed by atoms with Crippen molar-refractivity contribution in [3.63, 3.8) is 0 Å². The highest BCUT2D eigenvalue weighted by Crippen LogP contribution is 2.16. The highest BCUT2D eigenvalue weighted by Gasteiger charge is 2.32. The van der Waals surface area contributed by atoms with Gasteiger partial charge in [0.1, 0.15) is 0 Å². The van der Waals surface area contributed by atoms with E-state index >= 15 is 0 Å². The molecule has 2 amide bonds. The van der Waals surface area contributed by atoms with Gasteiger partial charge in [-0.25, -0.2) is 8.42 Å². The van der Waals surface area contributed by atoms with Crippen LogP contribution >= 0.6 is 0 Å². The first-order chi connectivity index (χ1) is 10.9. The van der Waals surface area contributed by atoms with E-state index in [1.807, 2.05) is 30.3 Å². The summed E-state index contributed by atoms with van der Waals surface area (Å²) in [5.41, 5.74) is 0.921. The minimum absolute atomic E-state index is 0.0373. The van der Waals surface area contributed by atoms with E-state index in [9.17, 15) is 18.0 Å². The first kappa shape index (κ1) is 17.5. The minimum atomic E-state index is -3.01. The van der Waals surface area contributed by atoms with E-state index in [4.69, 9.17) is 0 Å². The Kier molecular flexibility index (Phi) is 5.76. The number of hydrogen-bond donors (Lipinski definition) is 1. The van der Waals surface area contributed by atoms with Crippen molar-refractivity contribution in [1.82, 2.24) is 10.2 Å². The molecule has 1 unspecified atom stereocenters. The molecule has 1 heterocycles. The predicted molar refractivity (Wildman–Crippen MR) is 87.6 cm³/mol. The van der Waals surface area contributed by atoms with Crippen molar-refractivity contribution in [2.45, 2.75) is 25.3 Å². The second-order valence-corrected chi connectivity index (χ2v) is 8.05. The van der Waals surface area contributed by atoms with Gasteiger partial charge in [-0.2, -0.15) is 0 Å². The number of benzene rings is 1. The number of amides is 2. The largest absolute Gasteiger partial charge is 0.355 e. The zero-order valence-electron chi connectivity index (χ0n) is 13.2. The second-order valence-electron chi connectivity index (χ2n) is 5.82. The third kappa shape index (κ3) is 5.35. The van der Waals surface area contributed by atoms with E-state index in [0.717, 1.165) is 5.56 Å². The van der Waals surface area contributed by atoms with Gasteiger partial charge >= 0.3 is 0 Å². The Bertz CT molecular complexity index is 658. The standard InChI is InChI=1S/C16H22N2O4S/c1-18(14-8-10-23(21,22)12-14)16(20)7-9-17-15(19)11-13-5-3-2-4-6-13/h2-6,14H,7-12H2,1H3,(H,17,19). The van der Waals surface area contributed by atoms with Crippen molar-refractivity contribution >= 4 is 21.7 Å². The lowest BCUT2D eigenvalue weighted by Crippen LogP contribution is -2.39. The van der Waals surface area contributed by atoms with Crippen LogP contribution < -0.4 is 5.32 Å². The molecule has 1 aliphatic rings. The van der Waals surface area contributed by atoms with Gasteiger partial charge in [0.2, 0.25) is 11.8 Å². The lowest BCUT2D eigenvalue weighted by molar-refractivity contribution is -0.131. The van der Waals surface area contributed by atoms with Gasteiger partial charge in [0.05, 0.1) is 17.9 Å². The van der Waals surface area contributed by atoms with Crippen LogP contribution in [0.3, 0.4) is 0 Å². The number of carbonyl (C=O) groups is 2. The Balaban J connectivity index is 1.71. The third-order valence-corrected chi connectivity index (χ3v) is 5.77. The predicted octanol–water partition coefficient (Wildman–Crippen LogP) is 0.381. The lowest BCUT2D eigenvalue weighted by Gasteiger charge is -2.23. The smallest absolute Gasteiger partial charge is 0.224 e. The number of sulfone groups is 1. The molecule has 0 radical (unpaired) electrons. The van der Waals surface area contributed by atoms with Crippen molar-refractivity contribution in [2.75, 3.05) is 25.1 Å². The molecule has 0 saturated carbocycles. The van der Waals surface area contributed by atoms with Gasteiger partial charge in [-0.3, -0.25) is 9.59 Å². The number of rotatable bonds is 6. The van der Waals surface area contributed by atoms with Crippen LogP contribution in [0.4, 0.5) is 0 Å². The molecule has 0 bridgehead atoms. The number of nitrogens with one attached hydrogen (secondary N) is 1. The lowest BCUT2D eigenvalue weighted by atomic mass is 10.1. The fraction of sp³-hybridized carbons (Fsp3) is 0.500. The van der Waals surface area contributed by atoms with Gasteiger partial charge in [0.15, 0.2) is 9.84 Å². The van der Waals surface area contributed by atoms with Crippen LogP contribution in [0.5, 0.6) is 0 Å². The molecule has 1 atom stereocenters. The fourth-order valence-electron chi connectivity index (χ4n) is 2.61. The maximum atomic E-state index is 12.1. The normalized spacial score (nSPS) is 19.3. The van der Waals surface area contributed by atoms with E-state index in [-0.39, 0.29) is 48.7 Å². The van der Waals surface area contributed by atoms with Gasteiger partial charge in [-0.1, -0.05) is 30.3 Å². The molecule has 23 heavy (non-hydrogen) atoms. The van der Waals surface area contributed by atoms with Crippen LogP contribution in [-0.2, 0) is 25.8 Å². The number of nitrogens with zero attached hydrogens (tertiary/aromatic N) is 1. The van der Waals surface area contributed by atoms with Crippen molar-refractivity contribution in [3.05, 3.63) is 35.9 Å². The molecule has 1 aromatic rings. The molecule has 126 valence electrons. The average Bonchev–Trinajstić information content (AvgIpc) is 2.87. The minimum Gasteiger partial charge on any atom is -0.355 e. The monoisotopic (exact) mass is 338 g/mol. The molecule has 0 aromatic heterocycles. The van der Waals surface area contributed by atoms with E-state index < -0.39 is 9.84 Å². The maximum absolute atomic E-state index is 12.1. The van der Waals surface area contributed by atoms with Crippen LogP contribution in [-0.4, -0.2) is 56.3 Å². The topological polar surface area (TPSA) is 83.6 Å². The molecule has 0 aliphatic carbocycles. The Morgan fingerprint density at radius 1 is 1.26 bits per heavy atom. The summed E-state index contributed by atoms with van der Waals surface area (Å²) in [6.07, 6.45) is 0.949. The van der Waals surface area contributed by atoms with Gasteiger partial charge in [0, 0.05) is 26.1 Å². The molecule has 1 saturated heterocycles. The Morgan fingerprint density at radius 3 is 2.57 bits per heavy atom. The quantitative estimate of drug-likeness (QED) is 0.813. The van der Waals surface area contributed by atoms with E-state index in [1.165, 1.54) is 4.90 Å². The van der Waals surface area contributed by atoms with Gasteiger partial charge in [-0.05, 0) is 12.0 Å². The SMILES string of the molecule is CN(C(=O)CCNC(=O)Cc1ccccc1)C1CCS(=O)(=O)C1. The van der Waals surface area contributed by atoms with Gasteiger partial charge in [0.25, 0.3) is 0 Å². The second kappa shape index (κ2) is 7.59. The molecule has 0 spiro atoms. The first-order valence-electron chi connectivity index (χ1n) is 7.64. The summed E-state index contributed by atoms with van der Waals surface area (Å²) in [5.74, 6) is -0.0965. The Morgan fingerprint density at radius 2 is 1.96 bits per heavy atom. The fourth-order valence-corrected chi connectivity index (χ4v) is 4.39. The van der Waals surface area contributed by atoms with Crippen molar-refractivity contribution < 1.29 is 18.0 Å². The van der Waals surface area contributed by atoms with Crippen LogP contribution in [0.1, 0.15) is 18.4 Å². The third-order valence-electron chi connectivity index (χ3n) is 4.02. The van der Waals surface area contributed by atoms with Crippen LogP contribution in [0.2, 0.25) is 0 Å². The van der Waals surface area contributed by atoms with E-state index in [0.29, 0.717) is 6.42 Å². The van der Waals surface area contributed by atoms with Crippen LogP contribution in [0, 0.1) is 0 Å². The molecule has 7 heteroatoms. The van der Waals surface area contributed by atoms with Crippen LogP contribution in [0.25, 0.3) is 0 Å². The van der Waals surface area contributed by atoms with Gasteiger partial charge < -0.3 is 10.2 Å². The molecule has 2 rings (SSSR count). The molecule has 1 N–H and O–H groups in total. The zero-order chi connectivity index (χ0) is 16.9. The summed E-state index contributed by atoms with van der Waals surface area (Å²) in [5, 5.41) is 2.72. The number of hydrogen-bond acceptors (Lipinski definition) is 4. The Hall–Kier alpha value is -1.89. The molecular formula is C16H22N2O4S. The van der Waals surface area contributed by atoms with Crippen LogP contribution in [0.15, 0.2) is 30.3 Å². The maximum Gasteiger partial charge on any atom is 0.224 e. The van der Waals surface area contributed by atoms with E-state index in [2.05, 4.69) is 5.32 Å². The van der Waals surface area contributed by atoms with Crippen molar-refractivity contribution in [2.24, 2.45) is 0 Å². The molecule has 1 aromatic carbocycles. The average molecular weight is 338 g/mol. The molecule has 1 aliphatic heterocycles. The zero-order valence-corrected chi connectivity index (χ0v) is 14.0. The summed E-state index contributed by atoms with van der Waals surface area (Å²) in [7, 11) is -1.38. The van der Waals surface area contributed by atoms with Gasteiger partial charge in [-0.15, -0.1) is 0 Å². The highest BCUT2D eigenvalue weighted by atomic mass is 32.2. The molecular weight excluding hydrogens is 316 g/mol. The van der Waals surface area contributed by atoms with Crippen molar-refractivity contribution in [3.8, 4) is 0 Å². The number of carbonyl (C=O) groups excluding carboxylic acids is 2. The summed E-state index contributed by atoms with van der Waals surface area (Å²) < 4.78 is 22.9. The highest BCUT2D eigenvalue weighted by molar-refractivity contribution is 7.91. The van der Waals surface area contributed by atoms with Crippen molar-refractivity contribution in [1.29, 1.82) is 0 Å². The first-order valence-corrected chi connectivity index (χ1v) is 9.46. The summed E-state index contributed by atoms with van der Waals surface area (Å²) >= 11 is 0. The molecule has 6 nitrogen and oxygen atoms in total. The summed E-state index contributed by atoms with van der Waals surface area (Å²) in [6.45, 7) is 0.258.